The molecule has 0 bridgehead atoms. The molecule has 98 valence electrons. The molecule has 0 spiro atoms. The van der Waals surface area contributed by atoms with Crippen LogP contribution in [-0.4, -0.2) is 23.0 Å². The van der Waals surface area contributed by atoms with Crippen LogP contribution in [0.3, 0.4) is 0 Å². The number of amides is 1. The van der Waals surface area contributed by atoms with Crippen LogP contribution in [0.5, 0.6) is 0 Å². The quantitative estimate of drug-likeness (QED) is 0.744. The summed E-state index contributed by atoms with van der Waals surface area (Å²) in [6, 6.07) is 0.167. The number of carboxylic acid groups (broad SMARTS) is 1. The Bertz CT molecular complexity index is 288. The first-order valence-electron chi connectivity index (χ1n) is 6.35. The second-order valence-electron chi connectivity index (χ2n) is 5.98. The maximum atomic E-state index is 12.0. The van der Waals surface area contributed by atoms with Crippen molar-refractivity contribution in [3.63, 3.8) is 0 Å². The van der Waals surface area contributed by atoms with Crippen molar-refractivity contribution in [3.05, 3.63) is 0 Å². The predicted molar refractivity (Wildman–Crippen MR) is 65.6 cm³/mol. The number of hydrogen-bond acceptors (Lipinski definition) is 2. The fourth-order valence-corrected chi connectivity index (χ4v) is 2.41. The summed E-state index contributed by atoms with van der Waals surface area (Å²) in [5.74, 6) is -2.34. The predicted octanol–water partition coefficient (Wildman–Crippen LogP) is 2.18. The number of carbonyl (C=O) groups excluding carboxylic acids is 1. The smallest absolute Gasteiger partial charge is 0.316 e. The Morgan fingerprint density at radius 3 is 2.12 bits per heavy atom. The molecule has 0 aromatic carbocycles. The summed E-state index contributed by atoms with van der Waals surface area (Å²) in [6.45, 7) is 5.35. The minimum atomic E-state index is -1.04. The molecular weight excluding hydrogens is 218 g/mol. The lowest BCUT2D eigenvalue weighted by Gasteiger charge is -2.29. The highest BCUT2D eigenvalue weighted by molar-refractivity contribution is 5.97. The normalized spacial score (nSPS) is 19.7. The second-order valence-corrected chi connectivity index (χ2v) is 5.98. The van der Waals surface area contributed by atoms with Gasteiger partial charge in [-0.05, 0) is 18.3 Å². The molecule has 1 amide bonds. The Morgan fingerprint density at radius 2 is 1.71 bits per heavy atom. The van der Waals surface area contributed by atoms with Crippen molar-refractivity contribution in [2.45, 2.75) is 58.9 Å². The van der Waals surface area contributed by atoms with Crippen LogP contribution in [0.25, 0.3) is 0 Å². The monoisotopic (exact) mass is 241 g/mol. The molecule has 0 aromatic rings. The van der Waals surface area contributed by atoms with Gasteiger partial charge in [0.25, 0.3) is 0 Å². The molecule has 0 radical (unpaired) electrons. The minimum absolute atomic E-state index is 0.167. The highest BCUT2D eigenvalue weighted by Gasteiger charge is 2.38. The number of nitrogens with one attached hydrogen (secondary N) is 1. The van der Waals surface area contributed by atoms with Gasteiger partial charge in [-0.3, -0.25) is 9.59 Å². The zero-order chi connectivity index (χ0) is 13.1. The van der Waals surface area contributed by atoms with Crippen molar-refractivity contribution >= 4 is 11.9 Å². The van der Waals surface area contributed by atoms with Gasteiger partial charge in [-0.15, -0.1) is 0 Å². The van der Waals surface area contributed by atoms with E-state index in [-0.39, 0.29) is 11.9 Å². The van der Waals surface area contributed by atoms with Crippen molar-refractivity contribution in [2.75, 3.05) is 0 Å². The van der Waals surface area contributed by atoms with Crippen molar-refractivity contribution in [2.24, 2.45) is 11.3 Å². The number of hydrogen-bond donors (Lipinski definition) is 2. The van der Waals surface area contributed by atoms with Crippen molar-refractivity contribution in [3.8, 4) is 0 Å². The van der Waals surface area contributed by atoms with E-state index < -0.39 is 17.3 Å². The van der Waals surface area contributed by atoms with E-state index in [1.807, 2.05) is 0 Å². The van der Waals surface area contributed by atoms with Gasteiger partial charge in [0.15, 0.2) is 0 Å². The van der Waals surface area contributed by atoms with Crippen molar-refractivity contribution < 1.29 is 14.7 Å². The number of aliphatic carboxylic acids is 1. The van der Waals surface area contributed by atoms with Crippen molar-refractivity contribution in [1.82, 2.24) is 5.32 Å². The van der Waals surface area contributed by atoms with Gasteiger partial charge in [0.05, 0.1) is 0 Å². The van der Waals surface area contributed by atoms with Crippen LogP contribution < -0.4 is 5.32 Å². The average Bonchev–Trinajstić information content (AvgIpc) is 2.15. The molecule has 0 aliphatic heterocycles. The molecule has 1 unspecified atom stereocenters. The molecule has 1 fully saturated rings. The van der Waals surface area contributed by atoms with E-state index in [0.717, 1.165) is 25.7 Å². The van der Waals surface area contributed by atoms with Gasteiger partial charge in [0.1, 0.15) is 5.92 Å². The molecular formula is C13H23NO3. The van der Waals surface area contributed by atoms with Crippen LogP contribution in [0, 0.1) is 11.3 Å². The maximum absolute atomic E-state index is 12.0. The lowest BCUT2D eigenvalue weighted by molar-refractivity contribution is -0.151. The summed E-state index contributed by atoms with van der Waals surface area (Å²) in [5, 5.41) is 12.0. The molecule has 1 saturated carbocycles. The Labute approximate surface area is 103 Å². The molecule has 4 heteroatoms. The summed E-state index contributed by atoms with van der Waals surface area (Å²) in [7, 11) is 0. The fourth-order valence-electron chi connectivity index (χ4n) is 2.41. The Kier molecular flexibility index (Phi) is 4.54. The fraction of sp³-hybridized carbons (Fsp3) is 0.846. The van der Waals surface area contributed by atoms with Crippen LogP contribution in [0.1, 0.15) is 52.9 Å². The largest absolute Gasteiger partial charge is 0.481 e. The molecule has 0 heterocycles. The van der Waals surface area contributed by atoms with Crippen LogP contribution in [-0.2, 0) is 9.59 Å². The third-order valence-electron chi connectivity index (χ3n) is 3.33. The highest BCUT2D eigenvalue weighted by Crippen LogP contribution is 2.27. The van der Waals surface area contributed by atoms with Crippen LogP contribution in [0.15, 0.2) is 0 Å². The summed E-state index contributed by atoms with van der Waals surface area (Å²) in [4.78, 5) is 23.2. The molecule has 0 aromatic heterocycles. The standard InChI is InChI=1S/C13H23NO3/c1-13(2,3)10(12(16)17)11(15)14-9-7-5-4-6-8-9/h9-10H,4-8H2,1-3H3,(H,14,15)(H,16,17). The number of carbonyl (C=O) groups is 2. The molecule has 4 nitrogen and oxygen atoms in total. The highest BCUT2D eigenvalue weighted by atomic mass is 16.4. The number of carboxylic acids is 1. The molecule has 1 atom stereocenters. The van der Waals surface area contributed by atoms with Gasteiger partial charge >= 0.3 is 5.97 Å². The average molecular weight is 241 g/mol. The van der Waals surface area contributed by atoms with Crippen LogP contribution in [0.2, 0.25) is 0 Å². The molecule has 1 aliphatic carbocycles. The lowest BCUT2D eigenvalue weighted by atomic mass is 9.80. The van der Waals surface area contributed by atoms with E-state index in [0.29, 0.717) is 0 Å². The Hall–Kier alpha value is -1.06. The zero-order valence-electron chi connectivity index (χ0n) is 11.0. The van der Waals surface area contributed by atoms with E-state index in [2.05, 4.69) is 5.32 Å². The van der Waals surface area contributed by atoms with E-state index in [1.54, 1.807) is 20.8 Å². The van der Waals surface area contributed by atoms with Gasteiger partial charge in [0.2, 0.25) is 5.91 Å². The van der Waals surface area contributed by atoms with Gasteiger partial charge in [0, 0.05) is 6.04 Å². The maximum Gasteiger partial charge on any atom is 0.316 e. The van der Waals surface area contributed by atoms with E-state index in [9.17, 15) is 9.59 Å². The summed E-state index contributed by atoms with van der Waals surface area (Å²) in [5.41, 5.74) is -0.551. The lowest BCUT2D eigenvalue weighted by Crippen LogP contribution is -2.46. The molecule has 2 N–H and O–H groups in total. The first-order chi connectivity index (χ1) is 7.82. The molecule has 0 saturated heterocycles. The van der Waals surface area contributed by atoms with E-state index in [1.165, 1.54) is 6.42 Å². The SMILES string of the molecule is CC(C)(C)C(C(=O)O)C(=O)NC1CCCCC1. The third-order valence-corrected chi connectivity index (χ3v) is 3.33. The van der Waals surface area contributed by atoms with Gasteiger partial charge < -0.3 is 10.4 Å². The zero-order valence-corrected chi connectivity index (χ0v) is 11.0. The third kappa shape index (κ3) is 4.02. The van der Waals surface area contributed by atoms with E-state index in [4.69, 9.17) is 5.11 Å². The van der Waals surface area contributed by atoms with Gasteiger partial charge in [-0.25, -0.2) is 0 Å². The topological polar surface area (TPSA) is 66.4 Å². The summed E-state index contributed by atoms with van der Waals surface area (Å²) < 4.78 is 0. The van der Waals surface area contributed by atoms with E-state index >= 15 is 0 Å². The van der Waals surface area contributed by atoms with Crippen LogP contribution in [0.4, 0.5) is 0 Å². The minimum Gasteiger partial charge on any atom is -0.481 e. The van der Waals surface area contributed by atoms with Gasteiger partial charge in [-0.1, -0.05) is 40.0 Å². The van der Waals surface area contributed by atoms with Crippen molar-refractivity contribution in [1.29, 1.82) is 0 Å². The summed E-state index contributed by atoms with van der Waals surface area (Å²) in [6.07, 6.45) is 5.41. The number of rotatable bonds is 3. The molecule has 17 heavy (non-hydrogen) atoms. The van der Waals surface area contributed by atoms with Gasteiger partial charge in [-0.2, -0.15) is 0 Å². The Balaban J connectivity index is 2.62. The molecule has 1 aliphatic rings. The second kappa shape index (κ2) is 5.52. The first kappa shape index (κ1) is 14.0. The Morgan fingerprint density at radius 1 is 1.18 bits per heavy atom. The van der Waals surface area contributed by atoms with Crippen LogP contribution >= 0.6 is 0 Å². The first-order valence-corrected chi connectivity index (χ1v) is 6.35. The molecule has 1 rings (SSSR count). The summed E-state index contributed by atoms with van der Waals surface area (Å²) >= 11 is 0.